The first-order chi connectivity index (χ1) is 15.0. The number of hydrogen-bond donors (Lipinski definition) is 1. The standard InChI is InChI=1S/C26H37ClN2O2/c1-4-6-7-8-9-10-12-20-17-28-25(29-18-20)22-15-13-21(14-16-22)23(26(30)31)24(27)19(3)11-5-2/h13-19,23-24H,4-12H2,1-3H3,(H,30,31). The van der Waals surface area contributed by atoms with Gasteiger partial charge in [-0.1, -0.05) is 83.6 Å². The molecule has 1 aromatic heterocycles. The van der Waals surface area contributed by atoms with Crippen molar-refractivity contribution in [3.8, 4) is 11.4 Å². The summed E-state index contributed by atoms with van der Waals surface area (Å²) in [4.78, 5) is 20.9. The highest BCUT2D eigenvalue weighted by molar-refractivity contribution is 6.22. The number of rotatable bonds is 14. The molecular formula is C26H37ClN2O2. The lowest BCUT2D eigenvalue weighted by Crippen LogP contribution is -2.27. The Morgan fingerprint density at radius 3 is 2.16 bits per heavy atom. The van der Waals surface area contributed by atoms with Crippen LogP contribution in [-0.2, 0) is 11.2 Å². The maximum Gasteiger partial charge on any atom is 0.312 e. The van der Waals surface area contributed by atoms with E-state index < -0.39 is 17.3 Å². The molecule has 1 heterocycles. The van der Waals surface area contributed by atoms with Gasteiger partial charge in [0.15, 0.2) is 5.82 Å². The summed E-state index contributed by atoms with van der Waals surface area (Å²) >= 11 is 6.55. The Hall–Kier alpha value is -1.94. The lowest BCUT2D eigenvalue weighted by atomic mass is 9.86. The zero-order chi connectivity index (χ0) is 22.6. The fourth-order valence-electron chi connectivity index (χ4n) is 3.99. The number of benzene rings is 1. The van der Waals surface area contributed by atoms with Crippen molar-refractivity contribution >= 4 is 17.6 Å². The zero-order valence-electron chi connectivity index (χ0n) is 19.2. The van der Waals surface area contributed by atoms with Gasteiger partial charge in [0.2, 0.25) is 0 Å². The number of hydrogen-bond acceptors (Lipinski definition) is 3. The predicted octanol–water partition coefficient (Wildman–Crippen LogP) is 7.26. The highest BCUT2D eigenvalue weighted by atomic mass is 35.5. The lowest BCUT2D eigenvalue weighted by molar-refractivity contribution is -0.139. The zero-order valence-corrected chi connectivity index (χ0v) is 19.9. The maximum absolute atomic E-state index is 11.9. The van der Waals surface area contributed by atoms with E-state index in [2.05, 4.69) is 23.8 Å². The lowest BCUT2D eigenvalue weighted by Gasteiger charge is -2.24. The fourth-order valence-corrected chi connectivity index (χ4v) is 4.37. The van der Waals surface area contributed by atoms with E-state index >= 15 is 0 Å². The van der Waals surface area contributed by atoms with Gasteiger partial charge in [-0.25, -0.2) is 9.97 Å². The molecule has 2 aromatic rings. The van der Waals surface area contributed by atoms with Crippen LogP contribution in [0.5, 0.6) is 0 Å². The first-order valence-electron chi connectivity index (χ1n) is 11.8. The highest BCUT2D eigenvalue weighted by Gasteiger charge is 2.31. The van der Waals surface area contributed by atoms with Crippen molar-refractivity contribution in [2.24, 2.45) is 5.92 Å². The molecule has 0 spiro atoms. The molecule has 0 saturated heterocycles. The average molecular weight is 445 g/mol. The minimum atomic E-state index is -0.883. The van der Waals surface area contributed by atoms with E-state index in [9.17, 15) is 9.90 Å². The van der Waals surface area contributed by atoms with Crippen LogP contribution >= 0.6 is 11.6 Å². The normalized spacial score (nSPS) is 14.2. The SMILES string of the molecule is CCCCCCCCc1cnc(-c2ccc(C(C(=O)O)C(Cl)C(C)CCC)cc2)nc1. The molecule has 0 aliphatic carbocycles. The van der Waals surface area contributed by atoms with E-state index in [4.69, 9.17) is 11.6 Å². The molecule has 0 radical (unpaired) electrons. The quantitative estimate of drug-likeness (QED) is 0.246. The molecule has 1 N–H and O–H groups in total. The molecule has 5 heteroatoms. The smallest absolute Gasteiger partial charge is 0.312 e. The van der Waals surface area contributed by atoms with Crippen molar-refractivity contribution in [3.63, 3.8) is 0 Å². The summed E-state index contributed by atoms with van der Waals surface area (Å²) < 4.78 is 0. The second kappa shape index (κ2) is 13.5. The van der Waals surface area contributed by atoms with Gasteiger partial charge in [-0.2, -0.15) is 0 Å². The molecule has 4 nitrogen and oxygen atoms in total. The second-order valence-corrected chi connectivity index (χ2v) is 9.08. The van der Waals surface area contributed by atoms with Crippen LogP contribution in [0.25, 0.3) is 11.4 Å². The van der Waals surface area contributed by atoms with Crippen LogP contribution in [-0.4, -0.2) is 26.4 Å². The molecule has 3 unspecified atom stereocenters. The van der Waals surface area contributed by atoms with Crippen LogP contribution in [0.1, 0.15) is 89.2 Å². The summed E-state index contributed by atoms with van der Waals surface area (Å²) in [5, 5.41) is 9.31. The van der Waals surface area contributed by atoms with Crippen LogP contribution in [0, 0.1) is 5.92 Å². The Kier molecular flexibility index (Phi) is 11.0. The summed E-state index contributed by atoms with van der Waals surface area (Å²) in [6.07, 6.45) is 14.4. The topological polar surface area (TPSA) is 63.1 Å². The molecule has 3 atom stereocenters. The molecule has 0 saturated carbocycles. The Morgan fingerprint density at radius 2 is 1.58 bits per heavy atom. The second-order valence-electron chi connectivity index (χ2n) is 8.58. The summed E-state index contributed by atoms with van der Waals surface area (Å²) in [7, 11) is 0. The largest absolute Gasteiger partial charge is 0.481 e. The summed E-state index contributed by atoms with van der Waals surface area (Å²) in [5.74, 6) is -0.814. The number of halogens is 1. The van der Waals surface area contributed by atoms with Gasteiger partial charge in [-0.15, -0.1) is 11.6 Å². The molecule has 31 heavy (non-hydrogen) atoms. The van der Waals surface area contributed by atoms with Crippen LogP contribution in [0.3, 0.4) is 0 Å². The van der Waals surface area contributed by atoms with Gasteiger partial charge in [0.1, 0.15) is 0 Å². The van der Waals surface area contributed by atoms with Crippen molar-refractivity contribution < 1.29 is 9.90 Å². The van der Waals surface area contributed by atoms with Crippen LogP contribution < -0.4 is 0 Å². The number of carbonyl (C=O) groups is 1. The van der Waals surface area contributed by atoms with Gasteiger partial charge >= 0.3 is 5.97 Å². The molecule has 170 valence electrons. The van der Waals surface area contributed by atoms with E-state index in [1.807, 2.05) is 43.6 Å². The molecule has 0 fully saturated rings. The Balaban J connectivity index is 1.99. The van der Waals surface area contributed by atoms with Crippen LogP contribution in [0.2, 0.25) is 0 Å². The number of unbranched alkanes of at least 4 members (excludes halogenated alkanes) is 5. The number of aryl methyl sites for hydroxylation is 1. The maximum atomic E-state index is 11.9. The predicted molar refractivity (Wildman–Crippen MR) is 129 cm³/mol. The minimum absolute atomic E-state index is 0.134. The van der Waals surface area contributed by atoms with Gasteiger partial charge in [-0.3, -0.25) is 4.79 Å². The molecule has 0 amide bonds. The van der Waals surface area contributed by atoms with E-state index in [1.54, 1.807) is 0 Å². The van der Waals surface area contributed by atoms with E-state index in [0.717, 1.165) is 36.0 Å². The van der Waals surface area contributed by atoms with E-state index in [1.165, 1.54) is 38.5 Å². The summed E-state index contributed by atoms with van der Waals surface area (Å²) in [5.41, 5.74) is 2.77. The van der Waals surface area contributed by atoms with Crippen LogP contribution in [0.4, 0.5) is 0 Å². The number of aromatic nitrogens is 2. The van der Waals surface area contributed by atoms with E-state index in [0.29, 0.717) is 5.82 Å². The van der Waals surface area contributed by atoms with Gasteiger partial charge in [-0.05, 0) is 36.3 Å². The molecule has 0 aliphatic rings. The third-order valence-corrected chi connectivity index (χ3v) is 6.61. The number of carboxylic acids is 1. The van der Waals surface area contributed by atoms with Gasteiger partial charge in [0.05, 0.1) is 11.3 Å². The monoisotopic (exact) mass is 444 g/mol. The molecule has 0 bridgehead atoms. The average Bonchev–Trinajstić information content (AvgIpc) is 2.77. The van der Waals surface area contributed by atoms with E-state index in [-0.39, 0.29) is 5.92 Å². The summed E-state index contributed by atoms with van der Waals surface area (Å²) in [6, 6.07) is 7.47. The first-order valence-corrected chi connectivity index (χ1v) is 12.2. The molecule has 0 aliphatic heterocycles. The molecule has 1 aromatic carbocycles. The number of nitrogens with zero attached hydrogens (tertiary/aromatic N) is 2. The van der Waals surface area contributed by atoms with Gasteiger partial charge in [0.25, 0.3) is 0 Å². The van der Waals surface area contributed by atoms with Crippen molar-refractivity contribution in [2.75, 3.05) is 0 Å². The molecule has 2 rings (SSSR count). The van der Waals surface area contributed by atoms with Crippen molar-refractivity contribution in [2.45, 2.75) is 89.9 Å². The number of alkyl halides is 1. The Morgan fingerprint density at radius 1 is 0.968 bits per heavy atom. The van der Waals surface area contributed by atoms with Crippen molar-refractivity contribution in [3.05, 3.63) is 47.8 Å². The van der Waals surface area contributed by atoms with Gasteiger partial charge in [0, 0.05) is 18.0 Å². The highest BCUT2D eigenvalue weighted by Crippen LogP contribution is 2.32. The van der Waals surface area contributed by atoms with Crippen molar-refractivity contribution in [1.29, 1.82) is 0 Å². The van der Waals surface area contributed by atoms with Gasteiger partial charge < -0.3 is 5.11 Å². The number of carboxylic acid groups (broad SMARTS) is 1. The third-order valence-electron chi connectivity index (χ3n) is 5.92. The van der Waals surface area contributed by atoms with Crippen molar-refractivity contribution in [1.82, 2.24) is 9.97 Å². The first kappa shape index (κ1) is 25.3. The fraction of sp³-hybridized carbons (Fsp3) is 0.577. The van der Waals surface area contributed by atoms with Crippen LogP contribution in [0.15, 0.2) is 36.7 Å². The Bertz CT molecular complexity index is 777. The number of aliphatic carboxylic acids is 1. The minimum Gasteiger partial charge on any atom is -0.481 e. The summed E-state index contributed by atoms with van der Waals surface area (Å²) in [6.45, 7) is 6.34. The Labute approximate surface area is 192 Å². The third kappa shape index (κ3) is 7.92. The molecular weight excluding hydrogens is 408 g/mol.